The van der Waals surface area contributed by atoms with E-state index in [2.05, 4.69) is 34.4 Å². The summed E-state index contributed by atoms with van der Waals surface area (Å²) in [5.41, 5.74) is 5.59. The minimum Gasteiger partial charge on any atom is -0.380 e. The first kappa shape index (κ1) is 14.5. The molecule has 102 valence electrons. The lowest BCUT2D eigenvalue weighted by molar-refractivity contribution is 0.132. The molecule has 0 aromatic carbocycles. The topological polar surface area (TPSA) is 85.1 Å². The molecule has 0 unspecified atom stereocenters. The summed E-state index contributed by atoms with van der Waals surface area (Å²) >= 11 is 0. The molecule has 18 heavy (non-hydrogen) atoms. The molecule has 0 aliphatic rings. The standard InChI is InChI=1S/C12H23N5O/c1-9(2)4-6-18-7-5-15-11-8-10(14-3)16-12(13)17-11/h8-9H,4-7H2,1-3H3,(H4,13,14,15,16,17). The van der Waals surface area contributed by atoms with E-state index < -0.39 is 0 Å². The lowest BCUT2D eigenvalue weighted by atomic mass is 10.1. The second-order valence-electron chi connectivity index (χ2n) is 4.47. The van der Waals surface area contributed by atoms with Gasteiger partial charge in [-0.15, -0.1) is 0 Å². The highest BCUT2D eigenvalue weighted by atomic mass is 16.5. The first-order valence-electron chi connectivity index (χ1n) is 6.25. The van der Waals surface area contributed by atoms with E-state index >= 15 is 0 Å². The van der Waals surface area contributed by atoms with Crippen molar-refractivity contribution in [2.45, 2.75) is 20.3 Å². The number of nitrogens with one attached hydrogen (secondary N) is 2. The van der Waals surface area contributed by atoms with Crippen molar-refractivity contribution in [2.75, 3.05) is 43.2 Å². The van der Waals surface area contributed by atoms with Crippen LogP contribution in [-0.4, -0.2) is 36.8 Å². The quantitative estimate of drug-likeness (QED) is 0.610. The Morgan fingerprint density at radius 3 is 2.67 bits per heavy atom. The molecule has 0 atom stereocenters. The molecule has 6 heteroatoms. The van der Waals surface area contributed by atoms with Crippen molar-refractivity contribution in [1.29, 1.82) is 0 Å². The predicted molar refractivity (Wildman–Crippen MR) is 74.8 cm³/mol. The second-order valence-corrected chi connectivity index (χ2v) is 4.47. The highest BCUT2D eigenvalue weighted by molar-refractivity contribution is 5.50. The van der Waals surface area contributed by atoms with E-state index in [-0.39, 0.29) is 5.95 Å². The lowest BCUT2D eigenvalue weighted by Crippen LogP contribution is -2.13. The fourth-order valence-electron chi connectivity index (χ4n) is 1.36. The van der Waals surface area contributed by atoms with E-state index in [0.29, 0.717) is 30.7 Å². The van der Waals surface area contributed by atoms with Crippen molar-refractivity contribution in [3.8, 4) is 0 Å². The van der Waals surface area contributed by atoms with Gasteiger partial charge in [0.1, 0.15) is 11.6 Å². The molecule has 0 radical (unpaired) electrons. The Morgan fingerprint density at radius 1 is 1.28 bits per heavy atom. The normalized spacial score (nSPS) is 10.7. The Morgan fingerprint density at radius 2 is 2.00 bits per heavy atom. The summed E-state index contributed by atoms with van der Waals surface area (Å²) in [7, 11) is 1.79. The number of hydrogen-bond donors (Lipinski definition) is 3. The lowest BCUT2D eigenvalue weighted by Gasteiger charge is -2.09. The van der Waals surface area contributed by atoms with Crippen LogP contribution in [0.3, 0.4) is 0 Å². The maximum Gasteiger partial charge on any atom is 0.223 e. The van der Waals surface area contributed by atoms with Gasteiger partial charge in [-0.25, -0.2) is 0 Å². The van der Waals surface area contributed by atoms with Crippen molar-refractivity contribution in [2.24, 2.45) is 5.92 Å². The summed E-state index contributed by atoms with van der Waals surface area (Å²) in [5.74, 6) is 2.34. The number of nitrogens with two attached hydrogens (primary N) is 1. The summed E-state index contributed by atoms with van der Waals surface area (Å²) in [6.07, 6.45) is 1.09. The number of hydrogen-bond acceptors (Lipinski definition) is 6. The highest BCUT2D eigenvalue weighted by Crippen LogP contribution is 2.11. The van der Waals surface area contributed by atoms with Crippen molar-refractivity contribution >= 4 is 17.6 Å². The number of nitrogens with zero attached hydrogens (tertiary/aromatic N) is 2. The molecule has 0 fully saturated rings. The maximum absolute atomic E-state index is 5.59. The van der Waals surface area contributed by atoms with Gasteiger partial charge in [0.15, 0.2) is 0 Å². The van der Waals surface area contributed by atoms with Gasteiger partial charge >= 0.3 is 0 Å². The van der Waals surface area contributed by atoms with Gasteiger partial charge in [-0.3, -0.25) is 0 Å². The number of ether oxygens (including phenoxy) is 1. The van der Waals surface area contributed by atoms with Crippen LogP contribution in [0.4, 0.5) is 17.6 Å². The highest BCUT2D eigenvalue weighted by Gasteiger charge is 2.00. The van der Waals surface area contributed by atoms with Crippen LogP contribution in [-0.2, 0) is 4.74 Å². The van der Waals surface area contributed by atoms with Gasteiger partial charge < -0.3 is 21.1 Å². The average molecular weight is 253 g/mol. The van der Waals surface area contributed by atoms with Gasteiger partial charge in [-0.2, -0.15) is 9.97 Å². The largest absolute Gasteiger partial charge is 0.380 e. The third-order valence-electron chi connectivity index (χ3n) is 2.39. The van der Waals surface area contributed by atoms with Crippen LogP contribution in [0.15, 0.2) is 6.07 Å². The van der Waals surface area contributed by atoms with Gasteiger partial charge in [-0.1, -0.05) is 13.8 Å². The summed E-state index contributed by atoms with van der Waals surface area (Å²) in [5, 5.41) is 6.08. The summed E-state index contributed by atoms with van der Waals surface area (Å²) in [6.45, 7) is 6.53. The summed E-state index contributed by atoms with van der Waals surface area (Å²) in [4.78, 5) is 8.10. The Labute approximate surface area is 108 Å². The molecule has 1 rings (SSSR count). The molecule has 0 amide bonds. The Bertz CT molecular complexity index is 356. The first-order valence-corrected chi connectivity index (χ1v) is 6.25. The van der Waals surface area contributed by atoms with Crippen LogP contribution >= 0.6 is 0 Å². The zero-order valence-electron chi connectivity index (χ0n) is 11.4. The van der Waals surface area contributed by atoms with Crippen LogP contribution in [0.5, 0.6) is 0 Å². The predicted octanol–water partition coefficient (Wildman–Crippen LogP) is 1.58. The second kappa shape index (κ2) is 7.71. The third kappa shape index (κ3) is 5.67. The van der Waals surface area contributed by atoms with Gasteiger partial charge in [0.25, 0.3) is 0 Å². The number of aromatic nitrogens is 2. The van der Waals surface area contributed by atoms with E-state index in [0.717, 1.165) is 13.0 Å². The minimum atomic E-state index is 0.255. The Kier molecular flexibility index (Phi) is 6.21. The molecule has 1 aromatic rings. The fraction of sp³-hybridized carbons (Fsp3) is 0.667. The first-order chi connectivity index (χ1) is 8.61. The van der Waals surface area contributed by atoms with E-state index in [9.17, 15) is 0 Å². The molecule has 6 nitrogen and oxygen atoms in total. The van der Waals surface area contributed by atoms with Gasteiger partial charge in [0.2, 0.25) is 5.95 Å². The zero-order chi connectivity index (χ0) is 13.4. The Hall–Kier alpha value is -1.56. The van der Waals surface area contributed by atoms with Crippen LogP contribution in [0.2, 0.25) is 0 Å². The van der Waals surface area contributed by atoms with Crippen LogP contribution < -0.4 is 16.4 Å². The molecule has 0 saturated heterocycles. The molecule has 0 spiro atoms. The van der Waals surface area contributed by atoms with E-state index in [4.69, 9.17) is 10.5 Å². The smallest absolute Gasteiger partial charge is 0.223 e. The van der Waals surface area contributed by atoms with Crippen molar-refractivity contribution in [3.05, 3.63) is 6.07 Å². The molecule has 1 heterocycles. The number of anilines is 3. The molecular weight excluding hydrogens is 230 g/mol. The Balaban J connectivity index is 2.24. The van der Waals surface area contributed by atoms with E-state index in [1.54, 1.807) is 7.05 Å². The molecule has 1 aromatic heterocycles. The molecule has 0 saturated carbocycles. The maximum atomic E-state index is 5.59. The molecular formula is C12H23N5O. The van der Waals surface area contributed by atoms with Gasteiger partial charge in [-0.05, 0) is 12.3 Å². The number of nitrogen functional groups attached to an aromatic ring is 1. The third-order valence-corrected chi connectivity index (χ3v) is 2.39. The fourth-order valence-corrected chi connectivity index (χ4v) is 1.36. The average Bonchev–Trinajstić information content (AvgIpc) is 2.32. The zero-order valence-corrected chi connectivity index (χ0v) is 11.4. The minimum absolute atomic E-state index is 0.255. The van der Waals surface area contributed by atoms with Crippen molar-refractivity contribution in [3.63, 3.8) is 0 Å². The molecule has 0 aliphatic heterocycles. The monoisotopic (exact) mass is 253 g/mol. The molecule has 0 bridgehead atoms. The summed E-state index contributed by atoms with van der Waals surface area (Å²) in [6, 6.07) is 1.81. The van der Waals surface area contributed by atoms with Gasteiger partial charge in [0, 0.05) is 26.3 Å². The van der Waals surface area contributed by atoms with Crippen molar-refractivity contribution in [1.82, 2.24) is 9.97 Å². The van der Waals surface area contributed by atoms with Crippen LogP contribution in [0.1, 0.15) is 20.3 Å². The van der Waals surface area contributed by atoms with Crippen molar-refractivity contribution < 1.29 is 4.74 Å². The molecule has 0 aliphatic carbocycles. The van der Waals surface area contributed by atoms with Crippen LogP contribution in [0.25, 0.3) is 0 Å². The number of rotatable bonds is 8. The molecule has 4 N–H and O–H groups in total. The van der Waals surface area contributed by atoms with E-state index in [1.807, 2.05) is 6.07 Å². The van der Waals surface area contributed by atoms with E-state index in [1.165, 1.54) is 0 Å². The van der Waals surface area contributed by atoms with Crippen LogP contribution in [0, 0.1) is 5.92 Å². The summed E-state index contributed by atoms with van der Waals surface area (Å²) < 4.78 is 5.50. The van der Waals surface area contributed by atoms with Gasteiger partial charge in [0.05, 0.1) is 6.61 Å². The SMILES string of the molecule is CNc1cc(NCCOCCC(C)C)nc(N)n1.